The van der Waals surface area contributed by atoms with E-state index < -0.39 is 0 Å². The second-order valence-corrected chi connectivity index (χ2v) is 5.12. The molecule has 0 spiro atoms. The summed E-state index contributed by atoms with van der Waals surface area (Å²) in [6.07, 6.45) is 2.04. The highest BCUT2D eigenvalue weighted by molar-refractivity contribution is 5.78. The maximum Gasteiger partial charge on any atom is 0.236 e. The fraction of sp³-hybridized carbons (Fsp3) is 0.533. The molecule has 0 bridgehead atoms. The van der Waals surface area contributed by atoms with E-state index in [2.05, 4.69) is 19.9 Å². The molecule has 1 aliphatic heterocycles. The zero-order chi connectivity index (χ0) is 13.8. The first-order valence-corrected chi connectivity index (χ1v) is 6.82. The Labute approximate surface area is 114 Å². The first-order chi connectivity index (χ1) is 9.11. The van der Waals surface area contributed by atoms with Gasteiger partial charge in [-0.2, -0.15) is 0 Å². The molecule has 1 saturated heterocycles. The molecule has 1 aliphatic rings. The molecular weight excluding hydrogens is 240 g/mol. The van der Waals surface area contributed by atoms with Crippen molar-refractivity contribution in [3.63, 3.8) is 0 Å². The van der Waals surface area contributed by atoms with Crippen molar-refractivity contribution in [1.82, 2.24) is 4.90 Å². The lowest BCUT2D eigenvalue weighted by atomic mass is 10.1. The average Bonchev–Trinajstić information content (AvgIpc) is 2.43. The van der Waals surface area contributed by atoms with E-state index in [1.807, 2.05) is 12.1 Å². The molecular formula is C15H22N2O2. The fourth-order valence-corrected chi connectivity index (χ4v) is 2.42. The first-order valence-electron chi connectivity index (χ1n) is 6.82. The summed E-state index contributed by atoms with van der Waals surface area (Å²) in [4.78, 5) is 13.4. The molecule has 1 atom stereocenters. The Hall–Kier alpha value is -1.55. The van der Waals surface area contributed by atoms with Crippen molar-refractivity contribution in [3.05, 3.63) is 29.3 Å². The van der Waals surface area contributed by atoms with Crippen LogP contribution in [0.2, 0.25) is 0 Å². The Morgan fingerprint density at radius 1 is 1.47 bits per heavy atom. The summed E-state index contributed by atoms with van der Waals surface area (Å²) in [6, 6.07) is 6.07. The summed E-state index contributed by atoms with van der Waals surface area (Å²) >= 11 is 0. The number of carbonyl (C=O) groups excluding carboxylic acids is 1. The lowest BCUT2D eigenvalue weighted by Gasteiger charge is -2.33. The Kier molecular flexibility index (Phi) is 4.43. The second kappa shape index (κ2) is 6.06. The third-order valence-corrected chi connectivity index (χ3v) is 3.75. The van der Waals surface area contributed by atoms with Crippen LogP contribution in [-0.2, 0) is 4.79 Å². The minimum absolute atomic E-state index is 0.00858. The highest BCUT2D eigenvalue weighted by atomic mass is 16.5. The average molecular weight is 262 g/mol. The zero-order valence-electron chi connectivity index (χ0n) is 11.7. The van der Waals surface area contributed by atoms with E-state index in [0.29, 0.717) is 6.54 Å². The maximum atomic E-state index is 11.6. The van der Waals surface area contributed by atoms with Crippen molar-refractivity contribution >= 4 is 5.91 Å². The molecule has 2 rings (SSSR count). The van der Waals surface area contributed by atoms with E-state index in [1.165, 1.54) is 11.1 Å². The van der Waals surface area contributed by atoms with Gasteiger partial charge >= 0.3 is 0 Å². The van der Waals surface area contributed by atoms with Crippen LogP contribution in [0.15, 0.2) is 18.2 Å². The van der Waals surface area contributed by atoms with Crippen LogP contribution < -0.4 is 10.5 Å². The van der Waals surface area contributed by atoms with Gasteiger partial charge in [0.05, 0.1) is 13.1 Å². The molecule has 0 aliphatic carbocycles. The number of hydrogen-bond donors (Lipinski definition) is 1. The Morgan fingerprint density at radius 3 is 3.00 bits per heavy atom. The topological polar surface area (TPSA) is 55.6 Å². The Bertz CT molecular complexity index is 459. The van der Waals surface area contributed by atoms with E-state index in [0.717, 1.165) is 25.1 Å². The number of carbonyl (C=O) groups is 1. The fourth-order valence-electron chi connectivity index (χ4n) is 2.42. The molecule has 0 aromatic heterocycles. The number of amides is 1. The van der Waals surface area contributed by atoms with Gasteiger partial charge < -0.3 is 15.4 Å². The molecule has 1 aromatic carbocycles. The van der Waals surface area contributed by atoms with Crippen LogP contribution in [0.25, 0.3) is 0 Å². The van der Waals surface area contributed by atoms with E-state index >= 15 is 0 Å². The highest BCUT2D eigenvalue weighted by Gasteiger charge is 2.24. The van der Waals surface area contributed by atoms with Gasteiger partial charge in [0.1, 0.15) is 11.9 Å². The molecule has 19 heavy (non-hydrogen) atoms. The van der Waals surface area contributed by atoms with Crippen molar-refractivity contribution in [2.24, 2.45) is 5.73 Å². The number of benzene rings is 1. The molecule has 4 nitrogen and oxygen atoms in total. The number of piperidine rings is 1. The van der Waals surface area contributed by atoms with Gasteiger partial charge in [-0.25, -0.2) is 0 Å². The first kappa shape index (κ1) is 13.9. The van der Waals surface area contributed by atoms with Crippen molar-refractivity contribution < 1.29 is 9.53 Å². The number of nitrogens with two attached hydrogens (primary N) is 1. The van der Waals surface area contributed by atoms with E-state index in [9.17, 15) is 4.79 Å². The lowest BCUT2D eigenvalue weighted by molar-refractivity contribution is -0.132. The summed E-state index contributed by atoms with van der Waals surface area (Å²) in [5.41, 5.74) is 7.81. The summed E-state index contributed by atoms with van der Waals surface area (Å²) in [5, 5.41) is 0. The van der Waals surface area contributed by atoms with Crippen molar-refractivity contribution in [2.45, 2.75) is 32.8 Å². The van der Waals surface area contributed by atoms with Gasteiger partial charge in [0.25, 0.3) is 0 Å². The van der Waals surface area contributed by atoms with E-state index in [-0.39, 0.29) is 18.6 Å². The minimum atomic E-state index is 0.00858. The van der Waals surface area contributed by atoms with Gasteiger partial charge in [0.2, 0.25) is 5.91 Å². The molecule has 1 heterocycles. The number of nitrogens with zero attached hydrogens (tertiary/aromatic N) is 1. The van der Waals surface area contributed by atoms with E-state index in [4.69, 9.17) is 10.5 Å². The largest absolute Gasteiger partial charge is 0.488 e. The third-order valence-electron chi connectivity index (χ3n) is 3.75. The normalized spacial score (nSPS) is 19.3. The van der Waals surface area contributed by atoms with Gasteiger partial charge in [-0.15, -0.1) is 0 Å². The van der Waals surface area contributed by atoms with Crippen LogP contribution in [0.3, 0.4) is 0 Å². The van der Waals surface area contributed by atoms with Crippen LogP contribution >= 0.6 is 0 Å². The summed E-state index contributed by atoms with van der Waals surface area (Å²) in [7, 11) is 0. The Balaban J connectivity index is 2.03. The number of likely N-dealkylation sites (tertiary alicyclic amines) is 1. The third kappa shape index (κ3) is 3.26. The van der Waals surface area contributed by atoms with Crippen LogP contribution in [0.4, 0.5) is 0 Å². The smallest absolute Gasteiger partial charge is 0.236 e. The summed E-state index contributed by atoms with van der Waals surface area (Å²) in [6.45, 7) is 5.66. The Morgan fingerprint density at radius 2 is 2.26 bits per heavy atom. The number of rotatable bonds is 3. The maximum absolute atomic E-state index is 11.6. The molecule has 2 N–H and O–H groups in total. The van der Waals surface area contributed by atoms with Crippen LogP contribution in [0.1, 0.15) is 24.0 Å². The van der Waals surface area contributed by atoms with Gasteiger partial charge in [-0.3, -0.25) is 4.79 Å². The van der Waals surface area contributed by atoms with Gasteiger partial charge in [0, 0.05) is 6.54 Å². The molecule has 104 valence electrons. The summed E-state index contributed by atoms with van der Waals surface area (Å²) < 4.78 is 6.06. The molecule has 1 aromatic rings. The predicted molar refractivity (Wildman–Crippen MR) is 75.2 cm³/mol. The van der Waals surface area contributed by atoms with E-state index in [1.54, 1.807) is 4.90 Å². The predicted octanol–water partition coefficient (Wildman–Crippen LogP) is 1.63. The van der Waals surface area contributed by atoms with Crippen LogP contribution in [0, 0.1) is 13.8 Å². The SMILES string of the molecule is Cc1cccc(OC2CCCN(C(=O)CN)C2)c1C. The highest BCUT2D eigenvalue weighted by Crippen LogP contribution is 2.24. The molecule has 1 fully saturated rings. The second-order valence-electron chi connectivity index (χ2n) is 5.12. The number of hydrogen-bond acceptors (Lipinski definition) is 3. The van der Waals surface area contributed by atoms with Gasteiger partial charge in [0.15, 0.2) is 0 Å². The van der Waals surface area contributed by atoms with Crippen molar-refractivity contribution in [2.75, 3.05) is 19.6 Å². The minimum Gasteiger partial charge on any atom is -0.488 e. The van der Waals surface area contributed by atoms with Crippen molar-refractivity contribution in [3.8, 4) is 5.75 Å². The van der Waals surface area contributed by atoms with Crippen molar-refractivity contribution in [1.29, 1.82) is 0 Å². The monoisotopic (exact) mass is 262 g/mol. The lowest BCUT2D eigenvalue weighted by Crippen LogP contribution is -2.46. The summed E-state index contributed by atoms with van der Waals surface area (Å²) in [5.74, 6) is 0.932. The number of ether oxygens (including phenoxy) is 1. The molecule has 0 saturated carbocycles. The number of aryl methyl sites for hydroxylation is 1. The molecule has 1 amide bonds. The van der Waals surface area contributed by atoms with Gasteiger partial charge in [-0.05, 0) is 43.9 Å². The molecule has 0 radical (unpaired) electrons. The molecule has 1 unspecified atom stereocenters. The van der Waals surface area contributed by atoms with Crippen LogP contribution in [0.5, 0.6) is 5.75 Å². The van der Waals surface area contributed by atoms with Gasteiger partial charge in [-0.1, -0.05) is 12.1 Å². The quantitative estimate of drug-likeness (QED) is 0.901. The van der Waals surface area contributed by atoms with Crippen LogP contribution in [-0.4, -0.2) is 36.5 Å². The molecule has 4 heteroatoms. The standard InChI is InChI=1S/C15H22N2O2/c1-11-5-3-7-14(12(11)2)19-13-6-4-8-17(10-13)15(18)9-16/h3,5,7,13H,4,6,8-10,16H2,1-2H3. The zero-order valence-corrected chi connectivity index (χ0v) is 11.7.